The minimum atomic E-state index is -0.657. The molecule has 0 amide bonds. The molecule has 2 atom stereocenters. The fourth-order valence-electron chi connectivity index (χ4n) is 2.24. The normalized spacial score (nSPS) is 21.7. The Labute approximate surface area is 107 Å². The van der Waals surface area contributed by atoms with E-state index in [1.165, 1.54) is 0 Å². The van der Waals surface area contributed by atoms with Crippen molar-refractivity contribution in [3.05, 3.63) is 28.8 Å². The Morgan fingerprint density at radius 3 is 2.67 bits per heavy atom. The number of aliphatic hydroxyl groups is 1. The quantitative estimate of drug-likeness (QED) is 0.890. The van der Waals surface area contributed by atoms with Crippen LogP contribution in [0.3, 0.4) is 0 Å². The van der Waals surface area contributed by atoms with Crippen LogP contribution in [0.25, 0.3) is 0 Å². The summed E-state index contributed by atoms with van der Waals surface area (Å²) in [5, 5.41) is 10.4. The number of hydrogen-bond acceptors (Lipinski definition) is 4. The fourth-order valence-corrected chi connectivity index (χ4v) is 2.24. The van der Waals surface area contributed by atoms with E-state index in [0.29, 0.717) is 19.8 Å². The maximum Gasteiger partial charge on any atom is 0.122 e. The molecule has 1 saturated heterocycles. The molecule has 0 aliphatic carbocycles. The van der Waals surface area contributed by atoms with Crippen molar-refractivity contribution in [3.8, 4) is 5.75 Å². The first-order valence-corrected chi connectivity index (χ1v) is 6.16. The summed E-state index contributed by atoms with van der Waals surface area (Å²) >= 11 is 0. The van der Waals surface area contributed by atoms with Crippen molar-refractivity contribution in [2.45, 2.75) is 26.1 Å². The van der Waals surface area contributed by atoms with E-state index in [1.54, 1.807) is 7.11 Å². The van der Waals surface area contributed by atoms with Crippen molar-refractivity contribution < 1.29 is 19.3 Å². The van der Waals surface area contributed by atoms with Crippen LogP contribution >= 0.6 is 0 Å². The van der Waals surface area contributed by atoms with Gasteiger partial charge in [-0.3, -0.25) is 0 Å². The van der Waals surface area contributed by atoms with Gasteiger partial charge >= 0.3 is 0 Å². The van der Waals surface area contributed by atoms with Gasteiger partial charge in [-0.05, 0) is 42.7 Å². The van der Waals surface area contributed by atoms with Crippen molar-refractivity contribution in [2.24, 2.45) is 0 Å². The molecule has 18 heavy (non-hydrogen) atoms. The second kappa shape index (κ2) is 5.69. The van der Waals surface area contributed by atoms with Gasteiger partial charge < -0.3 is 19.3 Å². The smallest absolute Gasteiger partial charge is 0.122 e. The first kappa shape index (κ1) is 13.3. The molecule has 1 N–H and O–H groups in total. The molecule has 4 heteroatoms. The number of hydrogen-bond donors (Lipinski definition) is 1. The van der Waals surface area contributed by atoms with Crippen LogP contribution in [0.4, 0.5) is 0 Å². The van der Waals surface area contributed by atoms with E-state index in [4.69, 9.17) is 14.2 Å². The van der Waals surface area contributed by atoms with Crippen LogP contribution in [0.1, 0.15) is 22.8 Å². The lowest BCUT2D eigenvalue weighted by Crippen LogP contribution is -2.34. The molecule has 1 fully saturated rings. The highest BCUT2D eigenvalue weighted by Crippen LogP contribution is 2.29. The molecule has 0 spiro atoms. The summed E-state index contributed by atoms with van der Waals surface area (Å²) in [5.41, 5.74) is 2.89. The number of aliphatic hydroxyl groups excluding tert-OH is 1. The van der Waals surface area contributed by atoms with Crippen LogP contribution in [0.15, 0.2) is 12.1 Å². The van der Waals surface area contributed by atoms with E-state index in [1.807, 2.05) is 26.0 Å². The van der Waals surface area contributed by atoms with Gasteiger partial charge in [-0.15, -0.1) is 0 Å². The first-order valence-electron chi connectivity index (χ1n) is 6.16. The Balaban J connectivity index is 2.23. The van der Waals surface area contributed by atoms with Crippen LogP contribution in [0.2, 0.25) is 0 Å². The number of aryl methyl sites for hydroxylation is 2. The van der Waals surface area contributed by atoms with Crippen LogP contribution < -0.4 is 4.74 Å². The Morgan fingerprint density at radius 2 is 2.06 bits per heavy atom. The molecule has 1 heterocycles. The zero-order valence-corrected chi connectivity index (χ0v) is 11.1. The van der Waals surface area contributed by atoms with Crippen molar-refractivity contribution in [3.63, 3.8) is 0 Å². The Kier molecular flexibility index (Phi) is 4.22. The van der Waals surface area contributed by atoms with Crippen LogP contribution in [-0.4, -0.2) is 38.1 Å². The molecule has 0 radical (unpaired) electrons. The van der Waals surface area contributed by atoms with Crippen LogP contribution in [-0.2, 0) is 9.47 Å². The van der Waals surface area contributed by atoms with Gasteiger partial charge in [0.25, 0.3) is 0 Å². The Hall–Kier alpha value is -1.10. The summed E-state index contributed by atoms with van der Waals surface area (Å²) in [7, 11) is 1.65. The fraction of sp³-hybridized carbons (Fsp3) is 0.571. The van der Waals surface area contributed by atoms with E-state index in [-0.39, 0.29) is 6.10 Å². The highest BCUT2D eigenvalue weighted by Gasteiger charge is 2.26. The molecule has 1 aliphatic rings. The van der Waals surface area contributed by atoms with Gasteiger partial charge in [-0.25, -0.2) is 0 Å². The largest absolute Gasteiger partial charge is 0.496 e. The molecular weight excluding hydrogens is 232 g/mol. The summed E-state index contributed by atoms with van der Waals surface area (Å²) in [4.78, 5) is 0. The average Bonchev–Trinajstić information content (AvgIpc) is 2.41. The summed E-state index contributed by atoms with van der Waals surface area (Å²) in [6.07, 6.45) is -0.944. The van der Waals surface area contributed by atoms with E-state index in [2.05, 4.69) is 0 Å². The van der Waals surface area contributed by atoms with Crippen molar-refractivity contribution in [1.82, 2.24) is 0 Å². The van der Waals surface area contributed by atoms with Crippen LogP contribution in [0.5, 0.6) is 5.75 Å². The third kappa shape index (κ3) is 2.66. The molecule has 2 rings (SSSR count). The highest BCUT2D eigenvalue weighted by molar-refractivity contribution is 5.42. The topological polar surface area (TPSA) is 47.9 Å². The summed E-state index contributed by atoms with van der Waals surface area (Å²) in [6.45, 7) is 5.50. The Bertz CT molecular complexity index is 411. The maximum atomic E-state index is 10.4. The zero-order valence-electron chi connectivity index (χ0n) is 11.1. The monoisotopic (exact) mass is 252 g/mol. The van der Waals surface area contributed by atoms with E-state index in [9.17, 15) is 5.11 Å². The second-order valence-electron chi connectivity index (χ2n) is 4.61. The molecule has 1 aromatic rings. The lowest BCUT2D eigenvalue weighted by atomic mass is 9.96. The standard InChI is InChI=1S/C14H20O4/c1-9-7-12(16-3)10(2)6-11(9)14(15)13-8-17-4-5-18-13/h6-7,13-15H,4-5,8H2,1-3H3. The molecule has 0 bridgehead atoms. The van der Waals surface area contributed by atoms with E-state index < -0.39 is 6.10 Å². The van der Waals surface area contributed by atoms with Gasteiger partial charge in [-0.1, -0.05) is 0 Å². The summed E-state index contributed by atoms with van der Waals surface area (Å²) < 4.78 is 16.1. The van der Waals surface area contributed by atoms with Gasteiger partial charge in [0, 0.05) is 0 Å². The van der Waals surface area contributed by atoms with Gasteiger partial charge in [0.05, 0.1) is 26.9 Å². The predicted molar refractivity (Wildman–Crippen MR) is 68.0 cm³/mol. The maximum absolute atomic E-state index is 10.4. The molecule has 1 aromatic carbocycles. The third-order valence-corrected chi connectivity index (χ3v) is 3.30. The summed E-state index contributed by atoms with van der Waals surface area (Å²) in [6, 6.07) is 3.90. The number of methoxy groups -OCH3 is 1. The van der Waals surface area contributed by atoms with Crippen LogP contribution in [0, 0.1) is 13.8 Å². The number of benzene rings is 1. The number of ether oxygens (including phenoxy) is 3. The van der Waals surface area contributed by atoms with Crippen molar-refractivity contribution >= 4 is 0 Å². The lowest BCUT2D eigenvalue weighted by Gasteiger charge is -2.28. The van der Waals surface area contributed by atoms with Gasteiger partial charge in [-0.2, -0.15) is 0 Å². The summed E-state index contributed by atoms with van der Waals surface area (Å²) in [5.74, 6) is 0.837. The molecule has 2 unspecified atom stereocenters. The SMILES string of the molecule is COc1cc(C)c(C(O)C2COCCO2)cc1C. The molecule has 4 nitrogen and oxygen atoms in total. The van der Waals surface area contributed by atoms with Crippen molar-refractivity contribution in [1.29, 1.82) is 0 Å². The minimum absolute atomic E-state index is 0.287. The van der Waals surface area contributed by atoms with Gasteiger partial charge in [0.2, 0.25) is 0 Å². The average molecular weight is 252 g/mol. The second-order valence-corrected chi connectivity index (χ2v) is 4.61. The molecular formula is C14H20O4. The van der Waals surface area contributed by atoms with Gasteiger partial charge in [0.1, 0.15) is 18.0 Å². The lowest BCUT2D eigenvalue weighted by molar-refractivity contribution is -0.133. The molecule has 1 aliphatic heterocycles. The van der Waals surface area contributed by atoms with Gasteiger partial charge in [0.15, 0.2) is 0 Å². The highest BCUT2D eigenvalue weighted by atomic mass is 16.6. The third-order valence-electron chi connectivity index (χ3n) is 3.30. The van der Waals surface area contributed by atoms with E-state index in [0.717, 1.165) is 22.4 Å². The first-order chi connectivity index (χ1) is 8.63. The predicted octanol–water partition coefficient (Wildman–Crippen LogP) is 1.76. The minimum Gasteiger partial charge on any atom is -0.496 e. The molecule has 100 valence electrons. The zero-order chi connectivity index (χ0) is 13.1. The van der Waals surface area contributed by atoms with E-state index >= 15 is 0 Å². The molecule has 0 aromatic heterocycles. The van der Waals surface area contributed by atoms with Crippen molar-refractivity contribution in [2.75, 3.05) is 26.9 Å². The number of rotatable bonds is 3. The molecule has 0 saturated carbocycles. The Morgan fingerprint density at radius 1 is 1.28 bits per heavy atom.